The topological polar surface area (TPSA) is 195 Å². The number of nitrogens with one attached hydrogen (secondary N) is 2. The molecule has 0 unspecified atom stereocenters. The number of Topliss-reactive ketones (excluding diaryl/α,β-unsaturated/α-hetero) is 1. The third-order valence-corrected chi connectivity index (χ3v) is 6.39. The van der Waals surface area contributed by atoms with Crippen molar-refractivity contribution in [3.8, 4) is 0 Å². The summed E-state index contributed by atoms with van der Waals surface area (Å²) in [4.78, 5) is 80.0. The SMILES string of the molecule is C=CC(=O)CC/C(=N\C(=O)[Si](CCC(=O)C=N)NC(=O)CC[C@H](N)C(=O)OC(C)(C)C)C(=O)OC(C)(C)C. The lowest BCUT2D eigenvalue weighted by molar-refractivity contribution is -0.156. The lowest BCUT2D eigenvalue weighted by Crippen LogP contribution is -2.46. The molecule has 12 nitrogen and oxygen atoms in total. The van der Waals surface area contributed by atoms with E-state index in [0.717, 1.165) is 6.08 Å². The molecule has 1 radical (unpaired) electrons. The fourth-order valence-electron chi connectivity index (χ4n) is 2.63. The molecule has 2 amide bonds. The van der Waals surface area contributed by atoms with Crippen molar-refractivity contribution in [1.29, 1.82) is 5.41 Å². The molecular weight excluding hydrogens is 512 g/mol. The summed E-state index contributed by atoms with van der Waals surface area (Å²) >= 11 is 0. The van der Waals surface area contributed by atoms with Gasteiger partial charge in [-0.05, 0) is 60.1 Å². The third-order valence-electron chi connectivity index (χ3n) is 4.43. The molecule has 211 valence electrons. The molecule has 4 N–H and O–H groups in total. The number of ether oxygens (including phenoxy) is 2. The van der Waals surface area contributed by atoms with Crippen LogP contribution in [0, 0.1) is 5.41 Å². The molecule has 0 aliphatic carbocycles. The van der Waals surface area contributed by atoms with E-state index in [4.69, 9.17) is 20.6 Å². The minimum Gasteiger partial charge on any atom is -0.459 e. The zero-order chi connectivity index (χ0) is 29.7. The standard InChI is InChI=1S/C25H39N4O8Si/c1-8-16(30)9-11-19(22(34)37-25(5,6)7)28-23(35)38(14-13-17(31)15-26)29-20(32)12-10-18(27)21(33)36-24(2,3)4/h8,15,18,26H,1,9-14,27H2,2-7H3,(H,29,32)/b26-15?,28-19+/t18-/m0/s1. The second-order valence-electron chi connectivity index (χ2n) is 10.4. The molecule has 0 spiro atoms. The van der Waals surface area contributed by atoms with Crippen LogP contribution in [0.2, 0.25) is 6.04 Å². The van der Waals surface area contributed by atoms with Gasteiger partial charge in [-0.2, -0.15) is 0 Å². The van der Waals surface area contributed by atoms with E-state index >= 15 is 0 Å². The van der Waals surface area contributed by atoms with Crippen LogP contribution in [0.1, 0.15) is 73.6 Å². The first-order chi connectivity index (χ1) is 17.4. The molecule has 38 heavy (non-hydrogen) atoms. The van der Waals surface area contributed by atoms with Crippen molar-refractivity contribution >= 4 is 55.8 Å². The van der Waals surface area contributed by atoms with E-state index in [1.807, 2.05) is 0 Å². The summed E-state index contributed by atoms with van der Waals surface area (Å²) < 4.78 is 10.5. The molecule has 13 heteroatoms. The van der Waals surface area contributed by atoms with E-state index in [1.165, 1.54) is 0 Å². The maximum Gasteiger partial charge on any atom is 0.353 e. The minimum absolute atomic E-state index is 0.0559. The van der Waals surface area contributed by atoms with Crippen molar-refractivity contribution < 1.29 is 38.2 Å². The van der Waals surface area contributed by atoms with Crippen LogP contribution in [0.15, 0.2) is 17.6 Å². The number of nitrogens with two attached hydrogens (primary N) is 1. The zero-order valence-corrected chi connectivity index (χ0v) is 24.0. The predicted molar refractivity (Wildman–Crippen MR) is 143 cm³/mol. The quantitative estimate of drug-likeness (QED) is 0.118. The highest BCUT2D eigenvalue weighted by atomic mass is 28.3. The van der Waals surface area contributed by atoms with Gasteiger partial charge < -0.3 is 25.6 Å². The number of allylic oxidation sites excluding steroid dienone is 1. The zero-order valence-electron chi connectivity index (χ0n) is 23.0. The summed E-state index contributed by atoms with van der Waals surface area (Å²) in [5.41, 5.74) is 3.02. The molecule has 0 aliphatic rings. The molecule has 0 aromatic heterocycles. The monoisotopic (exact) mass is 551 g/mol. The van der Waals surface area contributed by atoms with Gasteiger partial charge >= 0.3 is 11.9 Å². The van der Waals surface area contributed by atoms with E-state index in [2.05, 4.69) is 16.6 Å². The maximum atomic E-state index is 13.0. The first-order valence-electron chi connectivity index (χ1n) is 12.1. The van der Waals surface area contributed by atoms with E-state index in [-0.39, 0.29) is 49.6 Å². The Morgan fingerprint density at radius 3 is 2.03 bits per heavy atom. The van der Waals surface area contributed by atoms with E-state index in [0.29, 0.717) is 6.21 Å². The molecule has 0 rings (SSSR count). The summed E-state index contributed by atoms with van der Waals surface area (Å²) in [6, 6.07) is -1.16. The lowest BCUT2D eigenvalue weighted by atomic mass is 10.1. The van der Waals surface area contributed by atoms with Gasteiger partial charge in [0.15, 0.2) is 11.6 Å². The minimum atomic E-state index is -2.56. The van der Waals surface area contributed by atoms with Crippen molar-refractivity contribution in [2.45, 2.75) is 96.9 Å². The van der Waals surface area contributed by atoms with Gasteiger partial charge in [-0.1, -0.05) is 6.58 Å². The van der Waals surface area contributed by atoms with Gasteiger partial charge in [-0.25, -0.2) is 9.79 Å². The average molecular weight is 552 g/mol. The Labute approximate surface area is 225 Å². The summed E-state index contributed by atoms with van der Waals surface area (Å²) in [6.07, 6.45) is 0.873. The van der Waals surface area contributed by atoms with Gasteiger partial charge in [-0.15, -0.1) is 0 Å². The number of rotatable bonds is 15. The smallest absolute Gasteiger partial charge is 0.353 e. The van der Waals surface area contributed by atoms with Crippen LogP contribution in [0.4, 0.5) is 4.79 Å². The van der Waals surface area contributed by atoms with Crippen LogP contribution in [0.5, 0.6) is 0 Å². The first kappa shape index (κ1) is 34.7. The Morgan fingerprint density at radius 2 is 1.53 bits per heavy atom. The summed E-state index contributed by atoms with van der Waals surface area (Å²) in [7, 11) is -2.56. The second kappa shape index (κ2) is 15.8. The number of hydrogen-bond donors (Lipinski definition) is 3. The van der Waals surface area contributed by atoms with Crippen molar-refractivity contribution in [2.75, 3.05) is 0 Å². The molecule has 0 aliphatic heterocycles. The summed E-state index contributed by atoms with van der Waals surface area (Å²) in [5, 5.41) is 7.06. The number of ketones is 2. The van der Waals surface area contributed by atoms with Gasteiger partial charge in [-0.3, -0.25) is 24.0 Å². The molecule has 0 fully saturated rings. The summed E-state index contributed by atoms with van der Waals surface area (Å²) in [6.45, 7) is 13.3. The fourth-order valence-corrected chi connectivity index (χ4v) is 4.30. The van der Waals surface area contributed by atoms with Crippen molar-refractivity contribution in [1.82, 2.24) is 4.98 Å². The highest BCUT2D eigenvalue weighted by Crippen LogP contribution is 2.12. The van der Waals surface area contributed by atoms with Crippen LogP contribution in [-0.4, -0.2) is 73.1 Å². The largest absolute Gasteiger partial charge is 0.459 e. The Balaban J connectivity index is 5.71. The Morgan fingerprint density at radius 1 is 0.947 bits per heavy atom. The Hall–Kier alpha value is -3.32. The number of amides is 2. The van der Waals surface area contributed by atoms with Crippen molar-refractivity contribution in [3.05, 3.63) is 12.7 Å². The van der Waals surface area contributed by atoms with Crippen LogP contribution in [0.25, 0.3) is 0 Å². The van der Waals surface area contributed by atoms with E-state index in [1.54, 1.807) is 41.5 Å². The highest BCUT2D eigenvalue weighted by molar-refractivity contribution is 6.90. The number of hydrogen-bond acceptors (Lipinski definition) is 10. The molecule has 0 bridgehead atoms. The van der Waals surface area contributed by atoms with Gasteiger partial charge in [0.05, 0.1) is 6.21 Å². The van der Waals surface area contributed by atoms with Gasteiger partial charge in [0.1, 0.15) is 23.0 Å². The molecule has 0 saturated carbocycles. The molecule has 0 aromatic carbocycles. The number of carbonyl (C=O) groups is 6. The highest BCUT2D eigenvalue weighted by Gasteiger charge is 2.29. The van der Waals surface area contributed by atoms with Crippen LogP contribution >= 0.6 is 0 Å². The molecule has 0 aromatic rings. The number of aliphatic imine (C=N–C) groups is 1. The van der Waals surface area contributed by atoms with Crippen LogP contribution in [-0.2, 0) is 33.4 Å². The Kier molecular flexibility index (Phi) is 14.4. The number of nitrogens with zero attached hydrogens (tertiary/aromatic N) is 1. The third kappa shape index (κ3) is 15.7. The van der Waals surface area contributed by atoms with Gasteiger partial charge in [0.2, 0.25) is 11.4 Å². The molecule has 0 heterocycles. The first-order valence-corrected chi connectivity index (χ1v) is 13.8. The van der Waals surface area contributed by atoms with Gasteiger partial charge in [0, 0.05) is 25.7 Å². The number of carbonyl (C=O) groups excluding carboxylic acids is 6. The predicted octanol–water partition coefficient (Wildman–Crippen LogP) is 2.17. The van der Waals surface area contributed by atoms with Crippen molar-refractivity contribution in [2.24, 2.45) is 10.7 Å². The average Bonchev–Trinajstić information content (AvgIpc) is 2.79. The Bertz CT molecular complexity index is 963. The van der Waals surface area contributed by atoms with E-state index < -0.39 is 55.4 Å². The van der Waals surface area contributed by atoms with Crippen LogP contribution in [0.3, 0.4) is 0 Å². The fraction of sp³-hybridized carbons (Fsp3) is 0.600. The number of esters is 2. The van der Waals surface area contributed by atoms with Gasteiger partial charge in [0.25, 0.3) is 8.96 Å². The van der Waals surface area contributed by atoms with E-state index in [9.17, 15) is 28.8 Å². The molecule has 1 atom stereocenters. The van der Waals surface area contributed by atoms with Crippen LogP contribution < -0.4 is 10.7 Å². The lowest BCUT2D eigenvalue weighted by Gasteiger charge is -2.22. The maximum absolute atomic E-state index is 13.0. The normalized spacial score (nSPS) is 12.8. The molecular formula is C25H39N4O8Si. The second-order valence-corrected chi connectivity index (χ2v) is 12.5. The van der Waals surface area contributed by atoms with Crippen molar-refractivity contribution in [3.63, 3.8) is 0 Å². The summed E-state index contributed by atoms with van der Waals surface area (Å²) in [5.74, 6) is -3.11. The molecule has 0 saturated heterocycles.